The van der Waals surface area contributed by atoms with E-state index < -0.39 is 0 Å². The van der Waals surface area contributed by atoms with E-state index in [9.17, 15) is 4.79 Å². The molecule has 4 nitrogen and oxygen atoms in total. The molecule has 0 aliphatic carbocycles. The van der Waals surface area contributed by atoms with Crippen molar-refractivity contribution >= 4 is 5.91 Å². The Morgan fingerprint density at radius 3 is 2.50 bits per heavy atom. The van der Waals surface area contributed by atoms with Crippen molar-refractivity contribution in [3.8, 4) is 5.75 Å². The number of ether oxygens (including phenoxy) is 1. The normalized spacial score (nSPS) is 12.0. The molecular formula is C16H24N2O2. The first kappa shape index (κ1) is 16.2. The zero-order chi connectivity index (χ0) is 15.0. The molecule has 110 valence electrons. The maximum atomic E-state index is 11.7. The van der Waals surface area contributed by atoms with Crippen LogP contribution < -0.4 is 15.4 Å². The Bertz CT molecular complexity index is 427. The number of rotatable bonds is 8. The van der Waals surface area contributed by atoms with Crippen LogP contribution in [0.15, 0.2) is 36.9 Å². The molecule has 0 bridgehead atoms. The van der Waals surface area contributed by atoms with Gasteiger partial charge in [-0.25, -0.2) is 0 Å². The Hall–Kier alpha value is -1.81. The van der Waals surface area contributed by atoms with Crippen LogP contribution in [0, 0.1) is 0 Å². The lowest BCUT2D eigenvalue weighted by Gasteiger charge is -2.16. The summed E-state index contributed by atoms with van der Waals surface area (Å²) < 4.78 is 5.42. The van der Waals surface area contributed by atoms with Gasteiger partial charge >= 0.3 is 0 Å². The van der Waals surface area contributed by atoms with E-state index in [1.54, 1.807) is 6.08 Å². The van der Waals surface area contributed by atoms with Crippen LogP contribution >= 0.6 is 0 Å². The van der Waals surface area contributed by atoms with Gasteiger partial charge < -0.3 is 15.4 Å². The van der Waals surface area contributed by atoms with Crippen LogP contribution in [-0.2, 0) is 11.3 Å². The van der Waals surface area contributed by atoms with E-state index in [1.165, 1.54) is 0 Å². The fourth-order valence-electron chi connectivity index (χ4n) is 1.63. The van der Waals surface area contributed by atoms with Crippen LogP contribution in [0.2, 0.25) is 0 Å². The molecule has 1 atom stereocenters. The molecule has 0 saturated carbocycles. The molecule has 0 aliphatic rings. The lowest BCUT2D eigenvalue weighted by Crippen LogP contribution is -2.44. The predicted molar refractivity (Wildman–Crippen MR) is 81.7 cm³/mol. The Balaban J connectivity index is 2.41. The summed E-state index contributed by atoms with van der Waals surface area (Å²) in [7, 11) is 0. The van der Waals surface area contributed by atoms with Gasteiger partial charge in [-0.1, -0.05) is 24.8 Å². The molecule has 4 heteroatoms. The highest BCUT2D eigenvalue weighted by atomic mass is 16.5. The maximum absolute atomic E-state index is 11.7. The van der Waals surface area contributed by atoms with Crippen LogP contribution in [0.25, 0.3) is 0 Å². The number of carbonyl (C=O) groups is 1. The monoisotopic (exact) mass is 276 g/mol. The van der Waals surface area contributed by atoms with Crippen LogP contribution in [0.5, 0.6) is 5.75 Å². The quantitative estimate of drug-likeness (QED) is 0.716. The van der Waals surface area contributed by atoms with E-state index in [-0.39, 0.29) is 18.0 Å². The number of benzene rings is 1. The minimum Gasteiger partial charge on any atom is -0.490 e. The number of nitrogens with one attached hydrogen (secondary N) is 2. The number of hydrogen-bond acceptors (Lipinski definition) is 3. The molecule has 1 unspecified atom stereocenters. The lowest BCUT2D eigenvalue weighted by atomic mass is 10.2. The van der Waals surface area contributed by atoms with Gasteiger partial charge in [0.2, 0.25) is 5.91 Å². The Kier molecular flexibility index (Phi) is 6.81. The summed E-state index contributed by atoms with van der Waals surface area (Å²) in [6.45, 7) is 10.5. The highest BCUT2D eigenvalue weighted by Gasteiger charge is 2.12. The molecule has 2 N–H and O–H groups in total. The summed E-state index contributed by atoms with van der Waals surface area (Å²) in [6.07, 6.45) is 1.71. The minimum atomic E-state index is -0.214. The maximum Gasteiger partial charge on any atom is 0.237 e. The third-order valence-electron chi connectivity index (χ3n) is 2.73. The molecule has 1 aromatic carbocycles. The molecule has 0 radical (unpaired) electrons. The SMILES string of the molecule is C=CCOc1ccc(CNC(C)C(=O)NC(C)C)cc1. The minimum absolute atomic E-state index is 0.0194. The van der Waals surface area contributed by atoms with Gasteiger partial charge in [0.05, 0.1) is 6.04 Å². The van der Waals surface area contributed by atoms with Crippen molar-refractivity contribution in [2.45, 2.75) is 39.4 Å². The highest BCUT2D eigenvalue weighted by Crippen LogP contribution is 2.12. The fraction of sp³-hybridized carbons (Fsp3) is 0.438. The molecule has 0 aliphatic heterocycles. The van der Waals surface area contributed by atoms with E-state index in [0.29, 0.717) is 13.2 Å². The first-order valence-electron chi connectivity index (χ1n) is 6.89. The molecule has 0 spiro atoms. The average molecular weight is 276 g/mol. The highest BCUT2D eigenvalue weighted by molar-refractivity contribution is 5.81. The van der Waals surface area contributed by atoms with Crippen molar-refractivity contribution < 1.29 is 9.53 Å². The Morgan fingerprint density at radius 2 is 1.95 bits per heavy atom. The molecule has 0 aromatic heterocycles. The number of carbonyl (C=O) groups excluding carboxylic acids is 1. The fourth-order valence-corrected chi connectivity index (χ4v) is 1.63. The van der Waals surface area contributed by atoms with Gasteiger partial charge in [-0.15, -0.1) is 0 Å². The molecule has 1 rings (SSSR count). The second-order valence-electron chi connectivity index (χ2n) is 5.01. The smallest absolute Gasteiger partial charge is 0.237 e. The number of amides is 1. The second kappa shape index (κ2) is 8.38. The van der Waals surface area contributed by atoms with Crippen molar-refractivity contribution in [2.24, 2.45) is 0 Å². The van der Waals surface area contributed by atoms with Gasteiger partial charge in [-0.05, 0) is 38.5 Å². The summed E-state index contributed by atoms with van der Waals surface area (Å²) in [6, 6.07) is 7.75. The van der Waals surface area contributed by atoms with Crippen molar-refractivity contribution in [3.63, 3.8) is 0 Å². The standard InChI is InChI=1S/C16H24N2O2/c1-5-10-20-15-8-6-14(7-9-15)11-17-13(4)16(19)18-12(2)3/h5-9,12-13,17H,1,10-11H2,2-4H3,(H,18,19). The van der Waals surface area contributed by atoms with E-state index in [2.05, 4.69) is 17.2 Å². The van der Waals surface area contributed by atoms with Gasteiger partial charge in [0.15, 0.2) is 0 Å². The Labute approximate surface area is 121 Å². The van der Waals surface area contributed by atoms with Crippen molar-refractivity contribution in [1.29, 1.82) is 0 Å². The van der Waals surface area contributed by atoms with E-state index in [0.717, 1.165) is 11.3 Å². The molecule has 0 fully saturated rings. The van der Waals surface area contributed by atoms with Gasteiger partial charge in [-0.2, -0.15) is 0 Å². The predicted octanol–water partition coefficient (Wildman–Crippen LogP) is 2.25. The first-order valence-corrected chi connectivity index (χ1v) is 6.89. The molecule has 0 heterocycles. The van der Waals surface area contributed by atoms with Gasteiger partial charge in [0, 0.05) is 12.6 Å². The van der Waals surface area contributed by atoms with Crippen LogP contribution in [0.3, 0.4) is 0 Å². The summed E-state index contributed by atoms with van der Waals surface area (Å²) in [5.74, 6) is 0.838. The van der Waals surface area contributed by atoms with E-state index in [4.69, 9.17) is 4.74 Å². The van der Waals surface area contributed by atoms with Crippen LogP contribution in [-0.4, -0.2) is 24.6 Å². The molecular weight excluding hydrogens is 252 g/mol. The third-order valence-corrected chi connectivity index (χ3v) is 2.73. The summed E-state index contributed by atoms with van der Waals surface area (Å²) >= 11 is 0. The molecule has 0 saturated heterocycles. The average Bonchev–Trinajstić information content (AvgIpc) is 2.42. The van der Waals surface area contributed by atoms with E-state index >= 15 is 0 Å². The van der Waals surface area contributed by atoms with Crippen molar-refractivity contribution in [1.82, 2.24) is 10.6 Å². The molecule has 1 aromatic rings. The van der Waals surface area contributed by atoms with Gasteiger partial charge in [0.25, 0.3) is 0 Å². The molecule has 1 amide bonds. The van der Waals surface area contributed by atoms with Gasteiger partial charge in [0.1, 0.15) is 12.4 Å². The first-order chi connectivity index (χ1) is 9.52. The van der Waals surface area contributed by atoms with Crippen molar-refractivity contribution in [3.05, 3.63) is 42.5 Å². The van der Waals surface area contributed by atoms with Gasteiger partial charge in [-0.3, -0.25) is 4.79 Å². The van der Waals surface area contributed by atoms with Crippen LogP contribution in [0.4, 0.5) is 0 Å². The summed E-state index contributed by atoms with van der Waals surface area (Å²) in [4.78, 5) is 11.7. The largest absolute Gasteiger partial charge is 0.490 e. The Morgan fingerprint density at radius 1 is 1.30 bits per heavy atom. The van der Waals surface area contributed by atoms with Crippen molar-refractivity contribution in [2.75, 3.05) is 6.61 Å². The zero-order valence-corrected chi connectivity index (χ0v) is 12.5. The summed E-state index contributed by atoms with van der Waals surface area (Å²) in [5.41, 5.74) is 1.11. The second-order valence-corrected chi connectivity index (χ2v) is 5.01. The summed E-state index contributed by atoms with van der Waals surface area (Å²) in [5, 5.41) is 6.08. The zero-order valence-electron chi connectivity index (χ0n) is 12.5. The third kappa shape index (κ3) is 5.89. The van der Waals surface area contributed by atoms with E-state index in [1.807, 2.05) is 45.0 Å². The van der Waals surface area contributed by atoms with Crippen LogP contribution in [0.1, 0.15) is 26.3 Å². The topological polar surface area (TPSA) is 50.4 Å². The number of hydrogen-bond donors (Lipinski definition) is 2. The lowest BCUT2D eigenvalue weighted by molar-refractivity contribution is -0.123. The molecule has 20 heavy (non-hydrogen) atoms.